The predicted octanol–water partition coefficient (Wildman–Crippen LogP) is 2.59. The van der Waals surface area contributed by atoms with E-state index in [2.05, 4.69) is 20.8 Å². The Hall–Kier alpha value is -3.06. The summed E-state index contributed by atoms with van der Waals surface area (Å²) >= 11 is 1.28. The fraction of sp³-hybridized carbons (Fsp3) is 0.0588. The van der Waals surface area contributed by atoms with Crippen molar-refractivity contribution in [2.45, 2.75) is 6.92 Å². The van der Waals surface area contributed by atoms with Crippen LogP contribution in [0.1, 0.15) is 25.9 Å². The maximum atomic E-state index is 12.3. The summed E-state index contributed by atoms with van der Waals surface area (Å²) in [5.74, 6) is -0.883. The van der Waals surface area contributed by atoms with Crippen LogP contribution in [0, 0.1) is 6.92 Å². The number of nitrogens with one attached hydrogen (secondary N) is 2. The Bertz CT molecular complexity index is 863. The molecule has 0 radical (unpaired) electrons. The van der Waals surface area contributed by atoms with Gasteiger partial charge in [-0.15, -0.1) is 11.3 Å². The quantitative estimate of drug-likeness (QED) is 0.719. The molecule has 120 valence electrons. The van der Waals surface area contributed by atoms with Crippen molar-refractivity contribution in [3.8, 4) is 10.6 Å². The first kappa shape index (κ1) is 15.8. The summed E-state index contributed by atoms with van der Waals surface area (Å²) in [6.07, 6.45) is 1.51. The molecule has 1 aromatic carbocycles. The molecule has 2 aromatic heterocycles. The fourth-order valence-corrected chi connectivity index (χ4v) is 3.01. The Morgan fingerprint density at radius 1 is 0.958 bits per heavy atom. The van der Waals surface area contributed by atoms with Crippen LogP contribution in [0.5, 0.6) is 0 Å². The van der Waals surface area contributed by atoms with E-state index in [1.165, 1.54) is 17.5 Å². The zero-order valence-electron chi connectivity index (χ0n) is 12.8. The van der Waals surface area contributed by atoms with Gasteiger partial charge in [0.05, 0.1) is 5.69 Å². The first-order valence-corrected chi connectivity index (χ1v) is 8.01. The van der Waals surface area contributed by atoms with Gasteiger partial charge in [-0.3, -0.25) is 25.4 Å². The minimum absolute atomic E-state index is 0.226. The lowest BCUT2D eigenvalue weighted by molar-refractivity contribution is 0.0845. The summed E-state index contributed by atoms with van der Waals surface area (Å²) < 4.78 is 0. The fourth-order valence-electron chi connectivity index (χ4n) is 2.04. The lowest BCUT2D eigenvalue weighted by Gasteiger charge is -2.05. The maximum absolute atomic E-state index is 12.3. The molecular formula is C17H14N4O2S. The molecule has 0 bridgehead atoms. The van der Waals surface area contributed by atoms with Crippen molar-refractivity contribution in [2.75, 3.05) is 0 Å². The molecule has 0 unspecified atom stereocenters. The van der Waals surface area contributed by atoms with E-state index in [0.717, 1.165) is 10.6 Å². The molecule has 2 amide bonds. The molecule has 6 nitrogen and oxygen atoms in total. The van der Waals surface area contributed by atoms with Crippen molar-refractivity contribution in [3.05, 3.63) is 71.0 Å². The topological polar surface area (TPSA) is 84.0 Å². The molecule has 3 aromatic rings. The van der Waals surface area contributed by atoms with Crippen LogP contribution in [0.15, 0.2) is 54.7 Å². The van der Waals surface area contributed by atoms with Crippen molar-refractivity contribution in [2.24, 2.45) is 0 Å². The number of carbonyl (C=O) groups is 2. The van der Waals surface area contributed by atoms with Crippen LogP contribution in [0.2, 0.25) is 0 Å². The molecule has 0 aliphatic rings. The summed E-state index contributed by atoms with van der Waals surface area (Å²) in [4.78, 5) is 33.0. The van der Waals surface area contributed by atoms with Gasteiger partial charge >= 0.3 is 0 Å². The Morgan fingerprint density at radius 2 is 1.67 bits per heavy atom. The Morgan fingerprint density at radius 3 is 2.38 bits per heavy atom. The van der Waals surface area contributed by atoms with E-state index in [1.54, 1.807) is 25.1 Å². The standard InChI is InChI=1S/C17H14N4O2S/c1-11-14(24-17(19-11)12-7-3-2-4-8-12)16(23)21-20-15(22)13-9-5-6-10-18-13/h2-10H,1H3,(H,20,22)(H,21,23). The van der Waals surface area contributed by atoms with Gasteiger partial charge in [0.2, 0.25) is 0 Å². The summed E-state index contributed by atoms with van der Waals surface area (Å²) in [7, 11) is 0. The number of benzene rings is 1. The van der Waals surface area contributed by atoms with E-state index in [0.29, 0.717) is 10.6 Å². The molecule has 0 saturated heterocycles. The third-order valence-corrected chi connectivity index (χ3v) is 4.42. The van der Waals surface area contributed by atoms with Crippen LogP contribution in [-0.4, -0.2) is 21.8 Å². The van der Waals surface area contributed by atoms with E-state index < -0.39 is 11.8 Å². The van der Waals surface area contributed by atoms with Crippen molar-refractivity contribution < 1.29 is 9.59 Å². The highest BCUT2D eigenvalue weighted by Gasteiger charge is 2.17. The number of rotatable bonds is 3. The van der Waals surface area contributed by atoms with Crippen LogP contribution in [0.3, 0.4) is 0 Å². The molecule has 2 N–H and O–H groups in total. The van der Waals surface area contributed by atoms with Crippen LogP contribution in [0.25, 0.3) is 10.6 Å². The van der Waals surface area contributed by atoms with E-state index in [-0.39, 0.29) is 5.69 Å². The molecule has 0 aliphatic carbocycles. The minimum atomic E-state index is -0.477. The molecule has 2 heterocycles. The number of carbonyl (C=O) groups excluding carboxylic acids is 2. The van der Waals surface area contributed by atoms with Crippen molar-refractivity contribution in [1.29, 1.82) is 0 Å². The monoisotopic (exact) mass is 338 g/mol. The summed E-state index contributed by atoms with van der Waals surface area (Å²) in [5.41, 5.74) is 6.53. The van der Waals surface area contributed by atoms with Crippen LogP contribution < -0.4 is 10.9 Å². The Labute approximate surface area is 142 Å². The number of hydrogen-bond acceptors (Lipinski definition) is 5. The number of nitrogens with zero attached hydrogens (tertiary/aromatic N) is 2. The average Bonchev–Trinajstić information content (AvgIpc) is 3.03. The number of pyridine rings is 1. The van der Waals surface area contributed by atoms with Gasteiger partial charge in [-0.2, -0.15) is 0 Å². The Balaban J connectivity index is 1.70. The van der Waals surface area contributed by atoms with Crippen molar-refractivity contribution in [3.63, 3.8) is 0 Å². The number of hydrazine groups is 1. The van der Waals surface area contributed by atoms with Crippen LogP contribution in [0.4, 0.5) is 0 Å². The van der Waals surface area contributed by atoms with Gasteiger partial charge < -0.3 is 0 Å². The van der Waals surface area contributed by atoms with Gasteiger partial charge in [0, 0.05) is 11.8 Å². The van der Waals surface area contributed by atoms with Gasteiger partial charge in [-0.05, 0) is 19.1 Å². The second-order valence-electron chi connectivity index (χ2n) is 4.92. The zero-order valence-corrected chi connectivity index (χ0v) is 13.6. The second-order valence-corrected chi connectivity index (χ2v) is 5.92. The molecule has 0 aliphatic heterocycles. The number of hydrogen-bond donors (Lipinski definition) is 2. The third-order valence-electron chi connectivity index (χ3n) is 3.21. The predicted molar refractivity (Wildman–Crippen MR) is 91.5 cm³/mol. The summed E-state index contributed by atoms with van der Waals surface area (Å²) in [5, 5.41) is 0.759. The molecule has 0 saturated carbocycles. The van der Waals surface area contributed by atoms with Crippen molar-refractivity contribution >= 4 is 23.2 Å². The number of aryl methyl sites for hydroxylation is 1. The maximum Gasteiger partial charge on any atom is 0.288 e. The molecular weight excluding hydrogens is 324 g/mol. The van der Waals surface area contributed by atoms with Gasteiger partial charge in [0.15, 0.2) is 0 Å². The molecule has 0 atom stereocenters. The van der Waals surface area contributed by atoms with E-state index in [9.17, 15) is 9.59 Å². The minimum Gasteiger partial charge on any atom is -0.266 e. The molecule has 0 fully saturated rings. The van der Waals surface area contributed by atoms with Crippen molar-refractivity contribution in [1.82, 2.24) is 20.8 Å². The SMILES string of the molecule is Cc1nc(-c2ccccc2)sc1C(=O)NNC(=O)c1ccccn1. The average molecular weight is 338 g/mol. The lowest BCUT2D eigenvalue weighted by atomic mass is 10.2. The highest BCUT2D eigenvalue weighted by atomic mass is 32.1. The second kappa shape index (κ2) is 7.01. The van der Waals surface area contributed by atoms with Gasteiger partial charge in [-0.1, -0.05) is 36.4 Å². The lowest BCUT2D eigenvalue weighted by Crippen LogP contribution is -2.41. The van der Waals surface area contributed by atoms with Crippen LogP contribution >= 0.6 is 11.3 Å². The van der Waals surface area contributed by atoms with Crippen LogP contribution in [-0.2, 0) is 0 Å². The highest BCUT2D eigenvalue weighted by Crippen LogP contribution is 2.27. The molecule has 7 heteroatoms. The smallest absolute Gasteiger partial charge is 0.266 e. The van der Waals surface area contributed by atoms with Gasteiger partial charge in [0.25, 0.3) is 11.8 Å². The molecule has 24 heavy (non-hydrogen) atoms. The highest BCUT2D eigenvalue weighted by molar-refractivity contribution is 7.17. The molecule has 3 rings (SSSR count). The number of amides is 2. The third kappa shape index (κ3) is 3.47. The van der Waals surface area contributed by atoms with E-state index >= 15 is 0 Å². The van der Waals surface area contributed by atoms with Gasteiger partial charge in [-0.25, -0.2) is 4.98 Å². The molecule has 0 spiro atoms. The zero-order chi connectivity index (χ0) is 16.9. The van der Waals surface area contributed by atoms with E-state index in [1.807, 2.05) is 30.3 Å². The van der Waals surface area contributed by atoms with Gasteiger partial charge in [0.1, 0.15) is 15.6 Å². The van der Waals surface area contributed by atoms with E-state index in [4.69, 9.17) is 0 Å². The first-order valence-electron chi connectivity index (χ1n) is 7.19. The normalized spacial score (nSPS) is 10.2. The summed E-state index contributed by atoms with van der Waals surface area (Å²) in [6, 6.07) is 14.6. The number of aromatic nitrogens is 2. The largest absolute Gasteiger partial charge is 0.288 e. The Kier molecular flexibility index (Phi) is 4.62. The first-order chi connectivity index (χ1) is 11.6. The summed E-state index contributed by atoms with van der Waals surface area (Å²) in [6.45, 7) is 1.76. The number of thiazole rings is 1.